The van der Waals surface area contributed by atoms with Crippen molar-refractivity contribution in [2.24, 2.45) is 0 Å². The van der Waals surface area contributed by atoms with E-state index < -0.39 is 13.4 Å². The van der Waals surface area contributed by atoms with Crippen molar-refractivity contribution >= 4 is 29.6 Å². The van der Waals surface area contributed by atoms with E-state index in [0.29, 0.717) is 0 Å². The Kier molecular flexibility index (Phi) is 13.4. The van der Waals surface area contributed by atoms with E-state index in [1.54, 1.807) is 0 Å². The SMILES string of the molecule is [NaH].[O]=[Mn](=[O])([OH])[OH].[Ti]. The van der Waals surface area contributed by atoms with E-state index in [0.717, 1.165) is 0 Å². The quantitative estimate of drug-likeness (QED) is 0.436. The molecule has 39 valence electrons. The molecule has 0 amide bonds. The molecular weight excluding hydrogens is 190 g/mol. The van der Waals surface area contributed by atoms with Crippen molar-refractivity contribution in [3.05, 3.63) is 0 Å². The largest absolute Gasteiger partial charge is 0 e. The molecule has 0 bridgehead atoms. The minimum absolute atomic E-state index is 0. The average Bonchev–Trinajstić information content (AvgIpc) is 0.722. The molecule has 7 heavy (non-hydrogen) atoms. The molecule has 0 radical (unpaired) electrons. The maximum absolute atomic E-state index is 8.80. The topological polar surface area (TPSA) is 74.6 Å². The molecule has 0 heterocycles. The Morgan fingerprint density at radius 3 is 1.14 bits per heavy atom. The summed E-state index contributed by atoms with van der Waals surface area (Å²) in [6.45, 7) is 0. The fourth-order valence-corrected chi connectivity index (χ4v) is 0. The van der Waals surface area contributed by atoms with Crippen molar-refractivity contribution in [1.29, 1.82) is 0 Å². The van der Waals surface area contributed by atoms with Crippen LogP contribution in [0.4, 0.5) is 0 Å². The number of hydrogen-bond acceptors (Lipinski definition) is 2. The van der Waals surface area contributed by atoms with Crippen LogP contribution in [0.15, 0.2) is 0 Å². The molecule has 0 aliphatic heterocycles. The summed E-state index contributed by atoms with van der Waals surface area (Å²) in [5.74, 6) is 0. The molecule has 7 heteroatoms. The molecule has 4 nitrogen and oxygen atoms in total. The van der Waals surface area contributed by atoms with Crippen LogP contribution in [-0.4, -0.2) is 37.9 Å². The summed E-state index contributed by atoms with van der Waals surface area (Å²) in [6, 6.07) is 0. The Hall–Kier alpha value is 1.75. The van der Waals surface area contributed by atoms with Crippen molar-refractivity contribution in [2.75, 3.05) is 0 Å². The van der Waals surface area contributed by atoms with Crippen LogP contribution < -0.4 is 0 Å². The van der Waals surface area contributed by atoms with Gasteiger partial charge in [-0.3, -0.25) is 0 Å². The smallest absolute Gasteiger partial charge is 0 e. The molecule has 0 saturated carbocycles. The molecule has 0 aromatic heterocycles. The molecule has 0 rings (SSSR count). The van der Waals surface area contributed by atoms with E-state index in [1.165, 1.54) is 0 Å². The van der Waals surface area contributed by atoms with Crippen LogP contribution in [0.25, 0.3) is 0 Å². The van der Waals surface area contributed by atoms with E-state index in [-0.39, 0.29) is 51.3 Å². The van der Waals surface area contributed by atoms with Crippen molar-refractivity contribution in [2.45, 2.75) is 0 Å². The molecule has 0 spiro atoms. The van der Waals surface area contributed by atoms with Gasteiger partial charge < -0.3 is 0 Å². The molecule has 0 fully saturated rings. The molecule has 2 N–H and O–H groups in total. The molecule has 0 atom stereocenters. The van der Waals surface area contributed by atoms with Gasteiger partial charge in [-0.1, -0.05) is 0 Å². The molecule has 0 aliphatic carbocycles. The normalized spacial score (nSPS) is 8.29. The summed E-state index contributed by atoms with van der Waals surface area (Å²) in [4.78, 5) is 0. The van der Waals surface area contributed by atoms with Crippen LogP contribution in [0.1, 0.15) is 0 Å². The van der Waals surface area contributed by atoms with Gasteiger partial charge in [0.1, 0.15) is 0 Å². The van der Waals surface area contributed by atoms with E-state index in [1.807, 2.05) is 0 Å². The van der Waals surface area contributed by atoms with Gasteiger partial charge >= 0.3 is 59.0 Å². The second-order valence-electron chi connectivity index (χ2n) is 0.415. The Labute approximate surface area is 79.7 Å². The zero-order chi connectivity index (χ0) is 4.50. The fourth-order valence-electron chi connectivity index (χ4n) is 0. The molecular formula is H3MnNaO4Ti. The monoisotopic (exact) mass is 193 g/mol. The van der Waals surface area contributed by atoms with E-state index in [9.17, 15) is 0 Å². The predicted octanol–water partition coefficient (Wildman–Crippen LogP) is -2.01. The first-order valence-corrected chi connectivity index (χ1v) is 2.67. The second-order valence-corrected chi connectivity index (χ2v) is 1.71. The minimum Gasteiger partial charge on any atom is 0 e. The van der Waals surface area contributed by atoms with E-state index in [2.05, 4.69) is 0 Å². The zero-order valence-electron chi connectivity index (χ0n) is 2.59. The van der Waals surface area contributed by atoms with E-state index in [4.69, 9.17) is 16.0 Å². The van der Waals surface area contributed by atoms with E-state index >= 15 is 0 Å². The van der Waals surface area contributed by atoms with Gasteiger partial charge in [0.25, 0.3) is 0 Å². The number of rotatable bonds is 0. The molecule has 0 aromatic rings. The van der Waals surface area contributed by atoms with Crippen LogP contribution in [0.3, 0.4) is 0 Å². The van der Waals surface area contributed by atoms with Gasteiger partial charge in [0.2, 0.25) is 0 Å². The number of hydrogen-bond donors (Lipinski definition) is 2. The second kappa shape index (κ2) is 5.88. The maximum Gasteiger partial charge on any atom is 0 e. The summed E-state index contributed by atoms with van der Waals surface area (Å²) in [7, 11) is 0. The summed E-state index contributed by atoms with van der Waals surface area (Å²) in [6.07, 6.45) is 0. The predicted molar refractivity (Wildman–Crippen MR) is 13.0 cm³/mol. The fraction of sp³-hybridized carbons (Fsp3) is 0. The third-order valence-electron chi connectivity index (χ3n) is 0. The Morgan fingerprint density at radius 2 is 1.14 bits per heavy atom. The third kappa shape index (κ3) is 83.5. The van der Waals surface area contributed by atoms with Crippen LogP contribution in [0, 0.1) is 0 Å². The molecule has 0 aromatic carbocycles. The van der Waals surface area contributed by atoms with Gasteiger partial charge in [-0.2, -0.15) is 0 Å². The summed E-state index contributed by atoms with van der Waals surface area (Å²) in [5, 5.41) is 0. The molecule has 0 saturated heterocycles. The molecule has 0 aliphatic rings. The summed E-state index contributed by atoms with van der Waals surface area (Å²) >= 11 is -5.12. The van der Waals surface area contributed by atoms with Gasteiger partial charge in [-0.25, -0.2) is 0 Å². The van der Waals surface area contributed by atoms with Gasteiger partial charge in [0, 0.05) is 21.7 Å². The van der Waals surface area contributed by atoms with Crippen molar-refractivity contribution < 1.29 is 51.1 Å². The van der Waals surface area contributed by atoms with Gasteiger partial charge in [-0.15, -0.1) is 0 Å². The Bertz CT molecular complexity index is 94.9. The Balaban J connectivity index is -0.0000000800. The average molecular weight is 193 g/mol. The van der Waals surface area contributed by atoms with Gasteiger partial charge in [0.05, 0.1) is 0 Å². The van der Waals surface area contributed by atoms with Crippen molar-refractivity contribution in [3.63, 3.8) is 0 Å². The van der Waals surface area contributed by atoms with Crippen LogP contribution in [-0.2, 0) is 42.8 Å². The van der Waals surface area contributed by atoms with Crippen LogP contribution >= 0.6 is 0 Å². The first-order chi connectivity index (χ1) is 2.00. The standard InChI is InChI=1S/Mn.Na.2H2O.2O.Ti.H/h;;2*1H2;;;;/q+2;;;;;;;/p-2. The molecule has 0 unspecified atom stereocenters. The maximum atomic E-state index is 8.80. The first-order valence-electron chi connectivity index (χ1n) is 0.647. The van der Waals surface area contributed by atoms with Crippen molar-refractivity contribution in [3.8, 4) is 0 Å². The van der Waals surface area contributed by atoms with Crippen LogP contribution in [0.5, 0.6) is 0 Å². The Morgan fingerprint density at radius 1 is 1.14 bits per heavy atom. The van der Waals surface area contributed by atoms with Crippen molar-refractivity contribution in [1.82, 2.24) is 0 Å². The first kappa shape index (κ1) is 15.9. The summed E-state index contributed by atoms with van der Waals surface area (Å²) < 4.78 is 31.8. The van der Waals surface area contributed by atoms with Gasteiger partial charge in [-0.05, 0) is 0 Å². The minimum atomic E-state index is -5.12. The summed E-state index contributed by atoms with van der Waals surface area (Å²) in [5.41, 5.74) is 0. The third-order valence-corrected chi connectivity index (χ3v) is 0. The van der Waals surface area contributed by atoms with Crippen LogP contribution in [0.2, 0.25) is 0 Å². The zero-order valence-corrected chi connectivity index (χ0v) is 5.33. The van der Waals surface area contributed by atoms with Gasteiger partial charge in [0.15, 0.2) is 0 Å².